The quantitative estimate of drug-likeness (QED) is 0.654. The molecule has 156 valence electrons. The van der Waals surface area contributed by atoms with Crippen molar-refractivity contribution < 1.29 is 9.53 Å². The Hall–Kier alpha value is -3.28. The van der Waals surface area contributed by atoms with Gasteiger partial charge in [0.1, 0.15) is 5.75 Å². The van der Waals surface area contributed by atoms with Crippen molar-refractivity contribution in [2.75, 3.05) is 38.2 Å². The molecule has 1 saturated heterocycles. The number of hydrogen-bond acceptors (Lipinski definition) is 4. The van der Waals surface area contributed by atoms with Gasteiger partial charge in [-0.2, -0.15) is 5.10 Å². The zero-order chi connectivity index (χ0) is 21.1. The van der Waals surface area contributed by atoms with Crippen LogP contribution in [0.15, 0.2) is 54.6 Å². The van der Waals surface area contributed by atoms with Crippen LogP contribution in [0.1, 0.15) is 17.0 Å². The van der Waals surface area contributed by atoms with E-state index in [0.29, 0.717) is 6.42 Å². The number of ether oxygens (including phenoxy) is 1. The fourth-order valence-corrected chi connectivity index (χ4v) is 4.02. The van der Waals surface area contributed by atoms with Crippen molar-refractivity contribution in [2.24, 2.45) is 0 Å². The van der Waals surface area contributed by atoms with E-state index < -0.39 is 0 Å². The van der Waals surface area contributed by atoms with Crippen LogP contribution in [0.4, 0.5) is 5.69 Å². The van der Waals surface area contributed by atoms with E-state index in [2.05, 4.69) is 22.1 Å². The topological polar surface area (TPSA) is 50.6 Å². The minimum absolute atomic E-state index is 0.170. The van der Waals surface area contributed by atoms with Gasteiger partial charge in [-0.05, 0) is 50.2 Å². The molecular weight excluding hydrogens is 376 g/mol. The summed E-state index contributed by atoms with van der Waals surface area (Å²) >= 11 is 0. The Kier molecular flexibility index (Phi) is 5.74. The monoisotopic (exact) mass is 404 g/mol. The molecule has 2 aromatic carbocycles. The second kappa shape index (κ2) is 8.61. The zero-order valence-electron chi connectivity index (χ0n) is 17.8. The number of anilines is 1. The molecule has 30 heavy (non-hydrogen) atoms. The molecule has 0 atom stereocenters. The molecule has 0 unspecified atom stereocenters. The molecule has 2 heterocycles. The maximum Gasteiger partial charge on any atom is 0.227 e. The summed E-state index contributed by atoms with van der Waals surface area (Å²) in [5.74, 6) is 1.03. The Morgan fingerprint density at radius 3 is 2.23 bits per heavy atom. The minimum atomic E-state index is 0.170. The van der Waals surface area contributed by atoms with Crippen molar-refractivity contribution in [3.05, 3.63) is 71.5 Å². The van der Waals surface area contributed by atoms with Crippen LogP contribution >= 0.6 is 0 Å². The predicted molar refractivity (Wildman–Crippen MR) is 119 cm³/mol. The van der Waals surface area contributed by atoms with Gasteiger partial charge in [-0.1, -0.05) is 18.2 Å². The lowest BCUT2D eigenvalue weighted by Gasteiger charge is -2.36. The number of hydrogen-bond donors (Lipinski definition) is 0. The van der Waals surface area contributed by atoms with Crippen LogP contribution in [0.25, 0.3) is 5.69 Å². The summed E-state index contributed by atoms with van der Waals surface area (Å²) < 4.78 is 7.16. The van der Waals surface area contributed by atoms with Crippen LogP contribution in [0.5, 0.6) is 5.75 Å². The van der Waals surface area contributed by atoms with E-state index in [4.69, 9.17) is 4.74 Å². The average molecular weight is 405 g/mol. The van der Waals surface area contributed by atoms with Crippen LogP contribution < -0.4 is 9.64 Å². The smallest absolute Gasteiger partial charge is 0.227 e. The van der Waals surface area contributed by atoms with Crippen LogP contribution in [0.2, 0.25) is 0 Å². The van der Waals surface area contributed by atoms with Gasteiger partial charge in [-0.3, -0.25) is 4.79 Å². The molecule has 1 aliphatic rings. The van der Waals surface area contributed by atoms with E-state index in [0.717, 1.165) is 54.6 Å². The number of amides is 1. The van der Waals surface area contributed by atoms with Crippen molar-refractivity contribution >= 4 is 11.6 Å². The summed E-state index contributed by atoms with van der Waals surface area (Å²) in [6, 6.07) is 18.1. The molecule has 4 rings (SSSR count). The number of aryl methyl sites for hydroxylation is 1. The number of para-hydroxylation sites is 1. The van der Waals surface area contributed by atoms with Crippen molar-refractivity contribution in [2.45, 2.75) is 20.3 Å². The second-order valence-electron chi connectivity index (χ2n) is 7.64. The Labute approximate surface area is 177 Å². The van der Waals surface area contributed by atoms with Crippen molar-refractivity contribution in [3.63, 3.8) is 0 Å². The van der Waals surface area contributed by atoms with E-state index in [1.54, 1.807) is 7.11 Å². The number of aromatic nitrogens is 2. The van der Waals surface area contributed by atoms with Gasteiger partial charge >= 0.3 is 0 Å². The third kappa shape index (κ3) is 4.03. The highest BCUT2D eigenvalue weighted by Gasteiger charge is 2.24. The fourth-order valence-electron chi connectivity index (χ4n) is 4.02. The highest BCUT2D eigenvalue weighted by Crippen LogP contribution is 2.22. The van der Waals surface area contributed by atoms with Gasteiger partial charge in [0.2, 0.25) is 5.91 Å². The Balaban J connectivity index is 1.40. The Morgan fingerprint density at radius 2 is 1.60 bits per heavy atom. The number of rotatable bonds is 5. The van der Waals surface area contributed by atoms with E-state index in [1.807, 2.05) is 65.9 Å². The van der Waals surface area contributed by atoms with E-state index in [1.165, 1.54) is 5.69 Å². The lowest BCUT2D eigenvalue weighted by molar-refractivity contribution is -0.130. The number of carbonyl (C=O) groups is 1. The van der Waals surface area contributed by atoms with Gasteiger partial charge in [0, 0.05) is 43.1 Å². The number of methoxy groups -OCH3 is 1. The molecule has 6 heteroatoms. The van der Waals surface area contributed by atoms with Gasteiger partial charge in [0.15, 0.2) is 0 Å². The summed E-state index contributed by atoms with van der Waals surface area (Å²) in [4.78, 5) is 17.3. The maximum atomic E-state index is 13.0. The predicted octanol–water partition coefficient (Wildman–Crippen LogP) is 3.39. The molecule has 1 fully saturated rings. The average Bonchev–Trinajstić information content (AvgIpc) is 3.08. The Bertz CT molecular complexity index is 1000. The second-order valence-corrected chi connectivity index (χ2v) is 7.64. The van der Waals surface area contributed by atoms with Gasteiger partial charge in [0.05, 0.1) is 24.9 Å². The molecule has 1 amide bonds. The Morgan fingerprint density at radius 1 is 0.933 bits per heavy atom. The fraction of sp³-hybridized carbons (Fsp3) is 0.333. The lowest BCUT2D eigenvalue weighted by atomic mass is 10.1. The van der Waals surface area contributed by atoms with E-state index >= 15 is 0 Å². The number of benzene rings is 2. The van der Waals surface area contributed by atoms with Gasteiger partial charge in [-0.25, -0.2) is 4.68 Å². The third-order valence-corrected chi connectivity index (χ3v) is 5.84. The molecular formula is C24H28N4O2. The molecule has 0 saturated carbocycles. The molecule has 0 spiro atoms. The highest BCUT2D eigenvalue weighted by atomic mass is 16.5. The zero-order valence-corrected chi connectivity index (χ0v) is 17.8. The van der Waals surface area contributed by atoms with Crippen molar-refractivity contribution in [3.8, 4) is 11.4 Å². The number of nitrogens with zero attached hydrogens (tertiary/aromatic N) is 4. The molecule has 0 radical (unpaired) electrons. The van der Waals surface area contributed by atoms with Crippen LogP contribution in [0, 0.1) is 13.8 Å². The van der Waals surface area contributed by atoms with Gasteiger partial charge in [0.25, 0.3) is 0 Å². The largest absolute Gasteiger partial charge is 0.497 e. The van der Waals surface area contributed by atoms with E-state index in [-0.39, 0.29) is 5.91 Å². The van der Waals surface area contributed by atoms with Gasteiger partial charge in [-0.15, -0.1) is 0 Å². The minimum Gasteiger partial charge on any atom is -0.497 e. The molecule has 0 bridgehead atoms. The summed E-state index contributed by atoms with van der Waals surface area (Å²) in [7, 11) is 1.67. The summed E-state index contributed by atoms with van der Waals surface area (Å²) in [5, 5.41) is 4.67. The van der Waals surface area contributed by atoms with Crippen LogP contribution in [-0.4, -0.2) is 53.9 Å². The van der Waals surface area contributed by atoms with E-state index in [9.17, 15) is 4.79 Å². The molecule has 0 aliphatic carbocycles. The van der Waals surface area contributed by atoms with Gasteiger partial charge < -0.3 is 14.5 Å². The first-order valence-electron chi connectivity index (χ1n) is 10.3. The first kappa shape index (κ1) is 20.0. The molecule has 6 nitrogen and oxygen atoms in total. The normalized spacial score (nSPS) is 14.1. The molecule has 1 aliphatic heterocycles. The summed E-state index contributed by atoms with van der Waals surface area (Å²) in [5.41, 5.74) is 5.16. The standard InChI is InChI=1S/C24H28N4O2/c1-18-23(19(2)28(25-18)21-7-5-4-6-8-21)17-24(29)27-15-13-26(14-16-27)20-9-11-22(30-3)12-10-20/h4-12H,13-17H2,1-3H3. The molecule has 0 N–H and O–H groups in total. The number of carbonyl (C=O) groups excluding carboxylic acids is 1. The van der Waals surface area contributed by atoms with Crippen LogP contribution in [0.3, 0.4) is 0 Å². The third-order valence-electron chi connectivity index (χ3n) is 5.84. The maximum absolute atomic E-state index is 13.0. The van der Waals surface area contributed by atoms with Crippen LogP contribution in [-0.2, 0) is 11.2 Å². The number of piperazine rings is 1. The lowest BCUT2D eigenvalue weighted by Crippen LogP contribution is -2.49. The first-order chi connectivity index (χ1) is 14.6. The summed E-state index contributed by atoms with van der Waals surface area (Å²) in [6.07, 6.45) is 0.396. The van der Waals surface area contributed by atoms with Crippen molar-refractivity contribution in [1.29, 1.82) is 0 Å². The SMILES string of the molecule is COc1ccc(N2CCN(C(=O)Cc3c(C)nn(-c4ccccc4)c3C)CC2)cc1. The first-order valence-corrected chi connectivity index (χ1v) is 10.3. The molecule has 3 aromatic rings. The molecule has 1 aromatic heterocycles. The highest BCUT2D eigenvalue weighted by molar-refractivity contribution is 5.79. The summed E-state index contributed by atoms with van der Waals surface area (Å²) in [6.45, 7) is 7.15. The van der Waals surface area contributed by atoms with Crippen molar-refractivity contribution in [1.82, 2.24) is 14.7 Å².